The van der Waals surface area contributed by atoms with Crippen LogP contribution in [0.15, 0.2) is 54.6 Å². The molecule has 1 aliphatic heterocycles. The predicted octanol–water partition coefficient (Wildman–Crippen LogP) is 8.33. The number of pyridine rings is 1. The number of hydrogen-bond acceptors (Lipinski definition) is 4. The van der Waals surface area contributed by atoms with Crippen molar-refractivity contribution in [2.75, 3.05) is 18.0 Å². The van der Waals surface area contributed by atoms with Gasteiger partial charge in [-0.2, -0.15) is 0 Å². The average Bonchev–Trinajstić information content (AvgIpc) is 4.07. The third-order valence-electron chi connectivity index (χ3n) is 12.7. The van der Waals surface area contributed by atoms with Crippen LogP contribution < -0.4 is 10.2 Å². The van der Waals surface area contributed by atoms with E-state index in [1.54, 1.807) is 11.1 Å². The number of carbonyl (C=O) groups excluding carboxylic acids is 1. The van der Waals surface area contributed by atoms with Crippen molar-refractivity contribution in [2.45, 2.75) is 122 Å². The number of carbonyl (C=O) groups is 1. The molecule has 3 atom stereocenters. The molecule has 2 aromatic carbocycles. The minimum Gasteiger partial charge on any atom is -0.392 e. The first-order valence-electron chi connectivity index (χ1n) is 19.3. The molecule has 258 valence electrons. The maximum Gasteiger partial charge on any atom is 0.228 e. The Morgan fingerprint density at radius 1 is 0.939 bits per heavy atom. The second kappa shape index (κ2) is 13.6. The molecule has 3 heterocycles. The molecule has 1 amide bonds. The van der Waals surface area contributed by atoms with E-state index in [4.69, 9.17) is 4.98 Å². The van der Waals surface area contributed by atoms with Gasteiger partial charge >= 0.3 is 0 Å². The fourth-order valence-electron chi connectivity index (χ4n) is 9.50. The van der Waals surface area contributed by atoms with E-state index in [1.807, 2.05) is 24.3 Å². The number of amides is 1. The van der Waals surface area contributed by atoms with Gasteiger partial charge in [0.25, 0.3) is 0 Å². The summed E-state index contributed by atoms with van der Waals surface area (Å²) < 4.78 is 2.57. The van der Waals surface area contributed by atoms with Crippen LogP contribution in [-0.4, -0.2) is 33.7 Å². The van der Waals surface area contributed by atoms with Crippen LogP contribution in [0, 0.1) is 11.8 Å². The quantitative estimate of drug-likeness (QED) is 0.126. The average molecular weight is 659 g/mol. The maximum atomic E-state index is 14.0. The summed E-state index contributed by atoms with van der Waals surface area (Å²) in [7, 11) is 0. The summed E-state index contributed by atoms with van der Waals surface area (Å²) in [5.41, 5.74) is 10.5. The first-order valence-corrected chi connectivity index (χ1v) is 19.3. The summed E-state index contributed by atoms with van der Waals surface area (Å²) in [5, 5.41) is 14.2. The smallest absolute Gasteiger partial charge is 0.228 e. The van der Waals surface area contributed by atoms with Gasteiger partial charge in [0, 0.05) is 37.3 Å². The predicted molar refractivity (Wildman–Crippen MR) is 198 cm³/mol. The van der Waals surface area contributed by atoms with Crippen LogP contribution in [-0.2, 0) is 42.7 Å². The molecule has 2 aromatic heterocycles. The molecule has 2 unspecified atom stereocenters. The van der Waals surface area contributed by atoms with Gasteiger partial charge in [-0.05, 0) is 108 Å². The first-order chi connectivity index (χ1) is 24.0. The Balaban J connectivity index is 1.10. The van der Waals surface area contributed by atoms with E-state index < -0.39 is 0 Å². The summed E-state index contributed by atoms with van der Waals surface area (Å²) in [6.45, 7) is 8.41. The Kier molecular flexibility index (Phi) is 9.02. The van der Waals surface area contributed by atoms with Gasteiger partial charge in [0.2, 0.25) is 5.91 Å². The number of aliphatic hydroxyl groups excluding tert-OH is 1. The summed E-state index contributed by atoms with van der Waals surface area (Å²) >= 11 is 0. The Hall–Kier alpha value is -3.64. The van der Waals surface area contributed by atoms with Crippen molar-refractivity contribution in [3.63, 3.8) is 0 Å². The maximum absolute atomic E-state index is 14.0. The number of hydrogen-bond donors (Lipinski definition) is 2. The molecule has 2 saturated carbocycles. The Labute approximate surface area is 292 Å². The number of nitrogens with one attached hydrogen (secondary N) is 1. The van der Waals surface area contributed by atoms with Crippen molar-refractivity contribution < 1.29 is 9.90 Å². The van der Waals surface area contributed by atoms with Crippen molar-refractivity contribution >= 4 is 22.8 Å². The van der Waals surface area contributed by atoms with Crippen molar-refractivity contribution in [2.24, 2.45) is 11.8 Å². The number of aliphatic hydroxyl groups is 1. The van der Waals surface area contributed by atoms with E-state index >= 15 is 0 Å². The van der Waals surface area contributed by atoms with Gasteiger partial charge in [-0.1, -0.05) is 88.1 Å². The molecule has 0 spiro atoms. The molecule has 0 bridgehead atoms. The van der Waals surface area contributed by atoms with Crippen LogP contribution >= 0.6 is 0 Å². The third kappa shape index (κ3) is 6.30. The molecule has 4 aliphatic rings. The lowest BCUT2D eigenvalue weighted by Crippen LogP contribution is -2.33. The number of aryl methyl sites for hydroxylation is 1. The summed E-state index contributed by atoms with van der Waals surface area (Å²) in [5.74, 6) is 2.25. The molecular formula is C43H54N4O2. The zero-order valence-corrected chi connectivity index (χ0v) is 29.6. The minimum absolute atomic E-state index is 0.0332. The summed E-state index contributed by atoms with van der Waals surface area (Å²) in [4.78, 5) is 21.8. The second-order valence-corrected chi connectivity index (χ2v) is 15.7. The van der Waals surface area contributed by atoms with Crippen molar-refractivity contribution in [1.82, 2.24) is 14.9 Å². The number of anilines is 1. The highest BCUT2D eigenvalue weighted by Gasteiger charge is 2.52. The van der Waals surface area contributed by atoms with E-state index in [2.05, 4.69) is 59.0 Å². The summed E-state index contributed by atoms with van der Waals surface area (Å²) in [6.07, 6.45) is 14.4. The van der Waals surface area contributed by atoms with Crippen LogP contribution in [0.3, 0.4) is 0 Å². The fourth-order valence-corrected chi connectivity index (χ4v) is 9.50. The summed E-state index contributed by atoms with van der Waals surface area (Å²) in [6, 6.07) is 19.4. The fraction of sp³-hybridized carbons (Fsp3) is 0.535. The van der Waals surface area contributed by atoms with Crippen molar-refractivity contribution in [3.05, 3.63) is 93.7 Å². The molecule has 4 aromatic rings. The van der Waals surface area contributed by atoms with Gasteiger partial charge in [-0.15, -0.1) is 0 Å². The number of nitrogens with zero attached hydrogens (tertiary/aromatic N) is 3. The lowest BCUT2D eigenvalue weighted by molar-refractivity contribution is -0.124. The molecule has 6 heteroatoms. The lowest BCUT2D eigenvalue weighted by atomic mass is 9.80. The topological polar surface area (TPSA) is 70.2 Å². The monoisotopic (exact) mass is 658 g/mol. The van der Waals surface area contributed by atoms with Crippen LogP contribution in [0.25, 0.3) is 11.0 Å². The zero-order valence-electron chi connectivity index (χ0n) is 29.6. The van der Waals surface area contributed by atoms with Gasteiger partial charge < -0.3 is 19.9 Å². The van der Waals surface area contributed by atoms with Gasteiger partial charge in [0.1, 0.15) is 11.5 Å². The number of aromatic nitrogens is 2. The molecule has 3 fully saturated rings. The first kappa shape index (κ1) is 32.6. The molecule has 0 radical (unpaired) electrons. The second-order valence-electron chi connectivity index (χ2n) is 15.7. The van der Waals surface area contributed by atoms with E-state index in [0.29, 0.717) is 17.9 Å². The van der Waals surface area contributed by atoms with E-state index in [9.17, 15) is 9.90 Å². The Morgan fingerprint density at radius 3 is 2.27 bits per heavy atom. The van der Waals surface area contributed by atoms with E-state index in [1.165, 1.54) is 79.5 Å². The van der Waals surface area contributed by atoms with E-state index in [-0.39, 0.29) is 18.4 Å². The van der Waals surface area contributed by atoms with Gasteiger partial charge in [-0.3, -0.25) is 4.79 Å². The minimum atomic E-state index is -0.144. The van der Waals surface area contributed by atoms with Gasteiger partial charge in [0.15, 0.2) is 0 Å². The Bertz CT molecular complexity index is 1790. The molecule has 8 rings (SSSR count). The van der Waals surface area contributed by atoms with Gasteiger partial charge in [0.05, 0.1) is 12.5 Å². The van der Waals surface area contributed by atoms with E-state index in [0.717, 1.165) is 67.9 Å². The molecule has 6 nitrogen and oxygen atoms in total. The van der Waals surface area contributed by atoms with Crippen LogP contribution in [0.2, 0.25) is 0 Å². The van der Waals surface area contributed by atoms with Crippen LogP contribution in [0.5, 0.6) is 0 Å². The number of fused-ring (bicyclic) bond motifs is 3. The highest BCUT2D eigenvalue weighted by Crippen LogP contribution is 2.59. The zero-order chi connectivity index (χ0) is 33.5. The molecule has 1 saturated heterocycles. The number of rotatable bonds is 11. The normalized spacial score (nSPS) is 22.8. The Morgan fingerprint density at radius 2 is 1.61 bits per heavy atom. The molecule has 3 aliphatic carbocycles. The standard InChI is InChI=1S/C43H54N4O2/c1-3-43(25-29(43)2)36-24-38(46-22-23-46)45-41-40(36)35-12-8-9-13-37(35)47(41)27-31-18-20-34(21-19-31)39(33-10-6-4-5-7-11-33)42(49)44-26-30-14-16-32(28-48)17-15-30/h14-21,24,29,33,39,48H,3-13,22-23,25-28H2,1-2H3,(H,44,49)/t29-,39?,43?/m1/s1. The largest absolute Gasteiger partial charge is 0.392 e. The molecular weight excluding hydrogens is 604 g/mol. The highest BCUT2D eigenvalue weighted by atomic mass is 16.3. The van der Waals surface area contributed by atoms with Gasteiger partial charge in [-0.25, -0.2) is 4.98 Å². The third-order valence-corrected chi connectivity index (χ3v) is 12.7. The lowest BCUT2D eigenvalue weighted by Gasteiger charge is -2.26. The molecule has 49 heavy (non-hydrogen) atoms. The SMILES string of the molecule is CCC1(c2cc(N3CC3)nc3c2c2c(n3Cc3ccc(C(C(=O)NCc4ccc(CO)cc4)C4CCCCCC4)cc3)CCCC2)C[C@H]1C. The van der Waals surface area contributed by atoms with Crippen LogP contribution in [0.1, 0.15) is 123 Å². The van der Waals surface area contributed by atoms with Crippen molar-refractivity contribution in [3.8, 4) is 0 Å². The highest BCUT2D eigenvalue weighted by molar-refractivity contribution is 5.90. The number of benzene rings is 2. The van der Waals surface area contributed by atoms with Crippen molar-refractivity contribution in [1.29, 1.82) is 0 Å². The molecule has 2 N–H and O–H groups in total. The van der Waals surface area contributed by atoms with Crippen LogP contribution in [0.4, 0.5) is 5.82 Å².